The lowest BCUT2D eigenvalue weighted by atomic mass is 9.82. The van der Waals surface area contributed by atoms with Crippen molar-refractivity contribution >= 4 is 0 Å². The second kappa shape index (κ2) is 4.37. The molecule has 1 unspecified atom stereocenters. The summed E-state index contributed by atoms with van der Waals surface area (Å²) in [6.07, 6.45) is 10.1. The monoisotopic (exact) mass is 194 g/mol. The van der Waals surface area contributed by atoms with Crippen LogP contribution in [0.1, 0.15) is 58.8 Å². The fourth-order valence-corrected chi connectivity index (χ4v) is 2.76. The second-order valence-corrected chi connectivity index (χ2v) is 4.93. The number of hydrogen-bond donors (Lipinski definition) is 0. The molecule has 1 aliphatic carbocycles. The summed E-state index contributed by atoms with van der Waals surface area (Å²) in [6.45, 7) is 4.33. The van der Waals surface area contributed by atoms with E-state index in [0.717, 1.165) is 5.92 Å². The van der Waals surface area contributed by atoms with E-state index >= 15 is 0 Å². The Morgan fingerprint density at radius 2 is 1.71 bits per heavy atom. The average molecular weight is 194 g/mol. The van der Waals surface area contributed by atoms with Crippen LogP contribution >= 0.6 is 0 Å². The molecule has 0 amide bonds. The normalized spacial score (nSPS) is 30.3. The van der Waals surface area contributed by atoms with Crippen LogP contribution in [0.15, 0.2) is 11.3 Å². The molecule has 1 heteroatoms. The van der Waals surface area contributed by atoms with Gasteiger partial charge in [0.1, 0.15) is 6.10 Å². The lowest BCUT2D eigenvalue weighted by Gasteiger charge is -2.34. The fraction of sp³-hybridized carbons (Fsp3) is 0.846. The van der Waals surface area contributed by atoms with E-state index in [0.29, 0.717) is 6.10 Å². The van der Waals surface area contributed by atoms with Crippen LogP contribution in [0, 0.1) is 5.92 Å². The minimum absolute atomic E-state index is 0.541. The van der Waals surface area contributed by atoms with Gasteiger partial charge in [-0.25, -0.2) is 0 Å². The van der Waals surface area contributed by atoms with Crippen LogP contribution in [-0.4, -0.2) is 6.10 Å². The largest absolute Gasteiger partial charge is 0.495 e. The van der Waals surface area contributed by atoms with Gasteiger partial charge < -0.3 is 4.74 Å². The zero-order valence-corrected chi connectivity index (χ0v) is 9.51. The first kappa shape index (κ1) is 10.1. The van der Waals surface area contributed by atoms with Gasteiger partial charge in [-0.1, -0.05) is 19.3 Å². The Morgan fingerprint density at radius 1 is 1.00 bits per heavy atom. The maximum Gasteiger partial charge on any atom is 0.101 e. The maximum absolute atomic E-state index is 6.02. The number of rotatable bonds is 1. The maximum atomic E-state index is 6.02. The van der Waals surface area contributed by atoms with Crippen molar-refractivity contribution < 1.29 is 4.74 Å². The van der Waals surface area contributed by atoms with Gasteiger partial charge in [0, 0.05) is 0 Å². The lowest BCUT2D eigenvalue weighted by Crippen LogP contribution is -2.28. The van der Waals surface area contributed by atoms with E-state index in [1.807, 2.05) is 0 Å². The number of allylic oxidation sites excluding steroid dienone is 2. The van der Waals surface area contributed by atoms with Crippen LogP contribution in [0.2, 0.25) is 0 Å². The molecule has 0 bridgehead atoms. The Bertz CT molecular complexity index is 223. The molecule has 0 N–H and O–H groups in total. The Labute approximate surface area is 87.5 Å². The van der Waals surface area contributed by atoms with Crippen molar-refractivity contribution in [2.75, 3.05) is 0 Å². The summed E-state index contributed by atoms with van der Waals surface area (Å²) in [7, 11) is 0. The molecule has 80 valence electrons. The SMILES string of the molecule is CC1=C(C)OC(C2CCCCC2)CC1. The smallest absolute Gasteiger partial charge is 0.101 e. The predicted molar refractivity (Wildman–Crippen MR) is 59.1 cm³/mol. The molecule has 1 fully saturated rings. The molecule has 0 radical (unpaired) electrons. The Balaban J connectivity index is 1.93. The number of hydrogen-bond acceptors (Lipinski definition) is 1. The third kappa shape index (κ3) is 2.13. The molecule has 1 aliphatic heterocycles. The van der Waals surface area contributed by atoms with Crippen LogP contribution in [-0.2, 0) is 4.74 Å². The Kier molecular flexibility index (Phi) is 3.15. The van der Waals surface area contributed by atoms with Gasteiger partial charge in [-0.3, -0.25) is 0 Å². The van der Waals surface area contributed by atoms with E-state index < -0.39 is 0 Å². The summed E-state index contributed by atoms with van der Waals surface area (Å²) >= 11 is 0. The van der Waals surface area contributed by atoms with Crippen molar-refractivity contribution in [2.45, 2.75) is 64.9 Å². The molecule has 0 spiro atoms. The molecule has 1 atom stereocenters. The van der Waals surface area contributed by atoms with E-state index in [9.17, 15) is 0 Å². The summed E-state index contributed by atoms with van der Waals surface area (Å²) in [5, 5.41) is 0. The van der Waals surface area contributed by atoms with Gasteiger partial charge in [0.05, 0.1) is 5.76 Å². The third-order valence-corrected chi connectivity index (χ3v) is 3.91. The molecular weight excluding hydrogens is 172 g/mol. The van der Waals surface area contributed by atoms with E-state index in [-0.39, 0.29) is 0 Å². The topological polar surface area (TPSA) is 9.23 Å². The number of ether oxygens (including phenoxy) is 1. The van der Waals surface area contributed by atoms with Crippen LogP contribution in [0.25, 0.3) is 0 Å². The fourth-order valence-electron chi connectivity index (χ4n) is 2.76. The zero-order valence-electron chi connectivity index (χ0n) is 9.51. The first-order valence-corrected chi connectivity index (χ1v) is 6.10. The minimum atomic E-state index is 0.541. The highest BCUT2D eigenvalue weighted by molar-refractivity contribution is 5.07. The molecular formula is C13H22O. The highest BCUT2D eigenvalue weighted by Gasteiger charge is 2.27. The van der Waals surface area contributed by atoms with Crippen molar-refractivity contribution in [3.8, 4) is 0 Å². The van der Waals surface area contributed by atoms with Crippen molar-refractivity contribution in [2.24, 2.45) is 5.92 Å². The molecule has 2 rings (SSSR count). The summed E-state index contributed by atoms with van der Waals surface area (Å²) < 4.78 is 6.02. The predicted octanol–water partition coefficient (Wildman–Crippen LogP) is 4.04. The highest BCUT2D eigenvalue weighted by Crippen LogP contribution is 2.34. The van der Waals surface area contributed by atoms with Crippen molar-refractivity contribution in [3.05, 3.63) is 11.3 Å². The van der Waals surface area contributed by atoms with Gasteiger partial charge in [0.25, 0.3) is 0 Å². The van der Waals surface area contributed by atoms with Crippen LogP contribution < -0.4 is 0 Å². The van der Waals surface area contributed by atoms with Crippen molar-refractivity contribution in [1.82, 2.24) is 0 Å². The van der Waals surface area contributed by atoms with Gasteiger partial charge >= 0.3 is 0 Å². The Hall–Kier alpha value is -0.460. The molecule has 1 heterocycles. The lowest BCUT2D eigenvalue weighted by molar-refractivity contribution is 0.0287. The molecule has 0 aromatic carbocycles. The molecule has 1 saturated carbocycles. The average Bonchev–Trinajstić information content (AvgIpc) is 2.23. The van der Waals surface area contributed by atoms with Crippen LogP contribution in [0.5, 0.6) is 0 Å². The Morgan fingerprint density at radius 3 is 2.36 bits per heavy atom. The minimum Gasteiger partial charge on any atom is -0.495 e. The van der Waals surface area contributed by atoms with Gasteiger partial charge in [0.2, 0.25) is 0 Å². The molecule has 0 aromatic heterocycles. The van der Waals surface area contributed by atoms with Gasteiger partial charge in [0.15, 0.2) is 0 Å². The van der Waals surface area contributed by atoms with E-state index in [1.165, 1.54) is 56.3 Å². The van der Waals surface area contributed by atoms with Crippen LogP contribution in [0.3, 0.4) is 0 Å². The first-order chi connectivity index (χ1) is 6.77. The van der Waals surface area contributed by atoms with Gasteiger partial charge in [-0.2, -0.15) is 0 Å². The van der Waals surface area contributed by atoms with Crippen molar-refractivity contribution in [1.29, 1.82) is 0 Å². The molecule has 2 aliphatic rings. The van der Waals surface area contributed by atoms with E-state index in [2.05, 4.69) is 13.8 Å². The summed E-state index contributed by atoms with van der Waals surface area (Å²) in [6, 6.07) is 0. The third-order valence-electron chi connectivity index (χ3n) is 3.91. The van der Waals surface area contributed by atoms with Crippen LogP contribution in [0.4, 0.5) is 0 Å². The highest BCUT2D eigenvalue weighted by atomic mass is 16.5. The summed E-state index contributed by atoms with van der Waals surface area (Å²) in [4.78, 5) is 0. The molecule has 14 heavy (non-hydrogen) atoms. The van der Waals surface area contributed by atoms with E-state index in [4.69, 9.17) is 4.74 Å². The van der Waals surface area contributed by atoms with E-state index in [1.54, 1.807) is 0 Å². The molecule has 0 aromatic rings. The second-order valence-electron chi connectivity index (χ2n) is 4.93. The van der Waals surface area contributed by atoms with Gasteiger partial charge in [-0.15, -0.1) is 0 Å². The molecule has 0 saturated heterocycles. The first-order valence-electron chi connectivity index (χ1n) is 6.10. The summed E-state index contributed by atoms with van der Waals surface area (Å²) in [5.41, 5.74) is 1.46. The zero-order chi connectivity index (χ0) is 9.97. The standard InChI is InChI=1S/C13H22O/c1-10-8-9-13(14-11(10)2)12-6-4-3-5-7-12/h12-13H,3-9H2,1-2H3. The van der Waals surface area contributed by atoms with Crippen molar-refractivity contribution in [3.63, 3.8) is 0 Å². The molecule has 1 nitrogen and oxygen atoms in total. The van der Waals surface area contributed by atoms with Gasteiger partial charge in [-0.05, 0) is 51.0 Å². The quantitative estimate of drug-likeness (QED) is 0.612. The summed E-state index contributed by atoms with van der Waals surface area (Å²) in [5.74, 6) is 2.05.